The molecule has 1 heterocycles. The third kappa shape index (κ3) is 3.78. The Morgan fingerprint density at radius 2 is 1.91 bits per heavy atom. The number of rotatable bonds is 7. The third-order valence-electron chi connectivity index (χ3n) is 4.56. The van der Waals surface area contributed by atoms with Gasteiger partial charge in [0, 0.05) is 6.04 Å². The standard InChI is InChI=1S/C18H21N3OS/c22-16(21-17(13-6-7-13)14-8-9-14)11-23-18-19-10-15(20-18)12-4-2-1-3-5-12/h1-5,10,13-14,17H,6-9,11H2,(H,19,20)(H,21,22). The number of carbonyl (C=O) groups excluding carboxylic acids is 1. The highest BCUT2D eigenvalue weighted by atomic mass is 32.2. The van der Waals surface area contributed by atoms with Gasteiger partial charge in [0.05, 0.1) is 17.6 Å². The number of aromatic amines is 1. The Bertz CT molecular complexity index is 665. The van der Waals surface area contributed by atoms with E-state index >= 15 is 0 Å². The molecule has 23 heavy (non-hydrogen) atoms. The summed E-state index contributed by atoms with van der Waals surface area (Å²) >= 11 is 1.47. The molecular weight excluding hydrogens is 306 g/mol. The Labute approximate surface area is 140 Å². The van der Waals surface area contributed by atoms with Gasteiger partial charge >= 0.3 is 0 Å². The lowest BCUT2D eigenvalue weighted by atomic mass is 10.1. The summed E-state index contributed by atoms with van der Waals surface area (Å²) in [6, 6.07) is 10.5. The fraction of sp³-hybridized carbons (Fsp3) is 0.444. The SMILES string of the molecule is O=C(CSc1ncc(-c2ccccc2)[nH]1)NC(C1CC1)C1CC1. The molecule has 2 aliphatic carbocycles. The van der Waals surface area contributed by atoms with E-state index in [0.29, 0.717) is 11.8 Å². The third-order valence-corrected chi connectivity index (χ3v) is 5.45. The van der Waals surface area contributed by atoms with E-state index in [0.717, 1.165) is 28.2 Å². The first-order valence-electron chi connectivity index (χ1n) is 8.32. The van der Waals surface area contributed by atoms with Gasteiger partial charge in [-0.1, -0.05) is 42.1 Å². The van der Waals surface area contributed by atoms with E-state index < -0.39 is 0 Å². The maximum absolute atomic E-state index is 12.2. The van der Waals surface area contributed by atoms with Gasteiger partial charge in [0.1, 0.15) is 0 Å². The van der Waals surface area contributed by atoms with Gasteiger partial charge in [-0.25, -0.2) is 4.98 Å². The van der Waals surface area contributed by atoms with Crippen LogP contribution in [0, 0.1) is 11.8 Å². The maximum atomic E-state index is 12.2. The number of benzene rings is 1. The second-order valence-corrected chi connectivity index (χ2v) is 7.49. The minimum Gasteiger partial charge on any atom is -0.352 e. The summed E-state index contributed by atoms with van der Waals surface area (Å²) in [6.07, 6.45) is 6.97. The van der Waals surface area contributed by atoms with Crippen LogP contribution in [0.2, 0.25) is 0 Å². The molecule has 1 aromatic carbocycles. The molecular formula is C18H21N3OS. The minimum atomic E-state index is 0.136. The molecule has 5 heteroatoms. The van der Waals surface area contributed by atoms with Crippen LogP contribution in [0.1, 0.15) is 25.7 Å². The van der Waals surface area contributed by atoms with Crippen LogP contribution >= 0.6 is 11.8 Å². The number of amides is 1. The largest absolute Gasteiger partial charge is 0.352 e. The summed E-state index contributed by atoms with van der Waals surface area (Å²) in [5.41, 5.74) is 2.10. The van der Waals surface area contributed by atoms with Crippen molar-refractivity contribution in [1.82, 2.24) is 15.3 Å². The second kappa shape index (κ2) is 6.40. The van der Waals surface area contributed by atoms with Gasteiger partial charge in [0.15, 0.2) is 5.16 Å². The Morgan fingerprint density at radius 3 is 2.57 bits per heavy atom. The molecule has 0 saturated heterocycles. The van der Waals surface area contributed by atoms with Crippen LogP contribution in [0.3, 0.4) is 0 Å². The van der Waals surface area contributed by atoms with Crippen molar-refractivity contribution in [1.29, 1.82) is 0 Å². The van der Waals surface area contributed by atoms with Gasteiger partial charge in [-0.3, -0.25) is 4.79 Å². The first-order valence-corrected chi connectivity index (χ1v) is 9.31. The molecule has 0 atom stereocenters. The number of H-pyrrole nitrogens is 1. The number of aromatic nitrogens is 2. The number of thioether (sulfide) groups is 1. The Kier molecular flexibility index (Phi) is 4.12. The highest BCUT2D eigenvalue weighted by Gasteiger charge is 2.42. The molecule has 120 valence electrons. The topological polar surface area (TPSA) is 57.8 Å². The summed E-state index contributed by atoms with van der Waals surface area (Å²) < 4.78 is 0. The smallest absolute Gasteiger partial charge is 0.230 e. The molecule has 2 fully saturated rings. The molecule has 0 unspecified atom stereocenters. The second-order valence-electron chi connectivity index (χ2n) is 6.52. The maximum Gasteiger partial charge on any atom is 0.230 e. The van der Waals surface area contributed by atoms with Crippen LogP contribution in [0.4, 0.5) is 0 Å². The highest BCUT2D eigenvalue weighted by Crippen LogP contribution is 2.44. The monoisotopic (exact) mass is 327 g/mol. The lowest BCUT2D eigenvalue weighted by Gasteiger charge is -2.17. The molecule has 4 nitrogen and oxygen atoms in total. The first kappa shape index (κ1) is 14.8. The van der Waals surface area contributed by atoms with Crippen LogP contribution in [0.15, 0.2) is 41.7 Å². The van der Waals surface area contributed by atoms with Crippen molar-refractivity contribution < 1.29 is 4.79 Å². The van der Waals surface area contributed by atoms with E-state index in [1.807, 2.05) is 36.5 Å². The van der Waals surface area contributed by atoms with Gasteiger partial charge in [-0.05, 0) is 43.1 Å². The van der Waals surface area contributed by atoms with Crippen LogP contribution in [-0.2, 0) is 4.79 Å². The Hall–Kier alpha value is -1.75. The molecule has 1 aromatic heterocycles. The van der Waals surface area contributed by atoms with Crippen LogP contribution in [-0.4, -0.2) is 27.7 Å². The average Bonchev–Trinajstić information content (AvgIpc) is 3.50. The molecule has 1 amide bonds. The zero-order valence-corrected chi connectivity index (χ0v) is 13.8. The number of carbonyl (C=O) groups is 1. The molecule has 2 aliphatic rings. The number of nitrogens with zero attached hydrogens (tertiary/aromatic N) is 1. The molecule has 0 bridgehead atoms. The molecule has 2 N–H and O–H groups in total. The molecule has 4 rings (SSSR count). The van der Waals surface area contributed by atoms with E-state index in [9.17, 15) is 4.79 Å². The fourth-order valence-corrected chi connectivity index (χ4v) is 3.69. The molecule has 2 aromatic rings. The summed E-state index contributed by atoms with van der Waals surface area (Å²) in [6.45, 7) is 0. The van der Waals surface area contributed by atoms with Crippen molar-refractivity contribution in [2.24, 2.45) is 11.8 Å². The van der Waals surface area contributed by atoms with E-state index in [1.165, 1.54) is 37.4 Å². The summed E-state index contributed by atoms with van der Waals surface area (Å²) in [4.78, 5) is 19.8. The summed E-state index contributed by atoms with van der Waals surface area (Å²) in [5, 5.41) is 4.05. The van der Waals surface area contributed by atoms with E-state index in [1.54, 1.807) is 0 Å². The van der Waals surface area contributed by atoms with E-state index in [4.69, 9.17) is 0 Å². The normalized spacial score (nSPS) is 17.4. The quantitative estimate of drug-likeness (QED) is 0.766. The lowest BCUT2D eigenvalue weighted by molar-refractivity contribution is -0.119. The zero-order valence-electron chi connectivity index (χ0n) is 13.0. The number of hydrogen-bond acceptors (Lipinski definition) is 3. The zero-order chi connectivity index (χ0) is 15.6. The van der Waals surface area contributed by atoms with Crippen LogP contribution < -0.4 is 5.32 Å². The van der Waals surface area contributed by atoms with Crippen LogP contribution in [0.25, 0.3) is 11.3 Å². The van der Waals surface area contributed by atoms with Crippen molar-refractivity contribution in [3.8, 4) is 11.3 Å². The fourth-order valence-electron chi connectivity index (χ4n) is 3.03. The van der Waals surface area contributed by atoms with E-state index in [-0.39, 0.29) is 5.91 Å². The summed E-state index contributed by atoms with van der Waals surface area (Å²) in [7, 11) is 0. The average molecular weight is 327 g/mol. The predicted octanol–water partition coefficient (Wildman–Crippen LogP) is 3.47. The molecule has 0 aliphatic heterocycles. The van der Waals surface area contributed by atoms with Crippen molar-refractivity contribution in [2.75, 3.05) is 5.75 Å². The predicted molar refractivity (Wildman–Crippen MR) is 92.1 cm³/mol. The molecule has 2 saturated carbocycles. The molecule has 0 radical (unpaired) electrons. The number of nitrogens with one attached hydrogen (secondary N) is 2. The van der Waals surface area contributed by atoms with Gasteiger partial charge in [-0.2, -0.15) is 0 Å². The van der Waals surface area contributed by atoms with Gasteiger partial charge in [-0.15, -0.1) is 0 Å². The van der Waals surface area contributed by atoms with Crippen molar-refractivity contribution in [3.05, 3.63) is 36.5 Å². The van der Waals surface area contributed by atoms with Crippen LogP contribution in [0.5, 0.6) is 0 Å². The van der Waals surface area contributed by atoms with Crippen molar-refractivity contribution in [2.45, 2.75) is 36.9 Å². The minimum absolute atomic E-state index is 0.136. The van der Waals surface area contributed by atoms with Gasteiger partial charge in [0.2, 0.25) is 5.91 Å². The molecule has 0 spiro atoms. The highest BCUT2D eigenvalue weighted by molar-refractivity contribution is 7.99. The van der Waals surface area contributed by atoms with Crippen molar-refractivity contribution in [3.63, 3.8) is 0 Å². The Morgan fingerprint density at radius 1 is 1.22 bits per heavy atom. The van der Waals surface area contributed by atoms with Gasteiger partial charge < -0.3 is 10.3 Å². The number of imidazole rings is 1. The van der Waals surface area contributed by atoms with Gasteiger partial charge in [0.25, 0.3) is 0 Å². The summed E-state index contributed by atoms with van der Waals surface area (Å²) in [5.74, 6) is 2.04. The first-order chi connectivity index (χ1) is 11.3. The Balaban J connectivity index is 1.30. The lowest BCUT2D eigenvalue weighted by Crippen LogP contribution is -2.39. The van der Waals surface area contributed by atoms with E-state index in [2.05, 4.69) is 15.3 Å². The van der Waals surface area contributed by atoms with Crippen molar-refractivity contribution >= 4 is 17.7 Å². The number of hydrogen-bond donors (Lipinski definition) is 2.